The van der Waals surface area contributed by atoms with Gasteiger partial charge in [0.2, 0.25) is 0 Å². The molecule has 7 heteroatoms. The van der Waals surface area contributed by atoms with Crippen molar-refractivity contribution in [2.75, 3.05) is 13.1 Å². The first-order valence-corrected chi connectivity index (χ1v) is 11.5. The fourth-order valence-corrected chi connectivity index (χ4v) is 4.52. The Hall–Kier alpha value is -2.41. The fraction of sp³-hybridized carbons (Fsp3) is 0.478. The number of likely N-dealkylation sites (tertiary alicyclic amines) is 1. The summed E-state index contributed by atoms with van der Waals surface area (Å²) in [5.74, 6) is -0.0354. The van der Waals surface area contributed by atoms with Gasteiger partial charge in [-0.05, 0) is 51.3 Å². The lowest BCUT2D eigenvalue weighted by Gasteiger charge is -2.24. The molecule has 1 atom stereocenters. The highest BCUT2D eigenvalue weighted by Gasteiger charge is 2.25. The summed E-state index contributed by atoms with van der Waals surface area (Å²) in [5, 5.41) is 0.681. The SMILES string of the molecule is Cc1cc(C)nc(SCc2ccccc2C(=O)O[C@H](C)C(=O)N2CCCCCC2)n1. The second kappa shape index (κ2) is 10.6. The molecule has 0 spiro atoms. The Labute approximate surface area is 182 Å². The molecule has 1 amide bonds. The topological polar surface area (TPSA) is 72.4 Å². The number of aromatic nitrogens is 2. The van der Waals surface area contributed by atoms with Gasteiger partial charge in [-0.1, -0.05) is 42.8 Å². The van der Waals surface area contributed by atoms with Crippen LogP contribution in [0.2, 0.25) is 0 Å². The van der Waals surface area contributed by atoms with Gasteiger partial charge in [0.25, 0.3) is 5.91 Å². The second-order valence-corrected chi connectivity index (χ2v) is 8.61. The van der Waals surface area contributed by atoms with Gasteiger partial charge in [-0.15, -0.1) is 0 Å². The van der Waals surface area contributed by atoms with E-state index in [9.17, 15) is 9.59 Å². The first-order chi connectivity index (χ1) is 14.4. The largest absolute Gasteiger partial charge is 0.449 e. The summed E-state index contributed by atoms with van der Waals surface area (Å²) in [6.07, 6.45) is 3.51. The first-order valence-electron chi connectivity index (χ1n) is 10.5. The number of carbonyl (C=O) groups is 2. The maximum absolute atomic E-state index is 12.8. The van der Waals surface area contributed by atoms with Crippen LogP contribution in [0, 0.1) is 13.8 Å². The Morgan fingerprint density at radius 2 is 1.70 bits per heavy atom. The Morgan fingerprint density at radius 3 is 2.37 bits per heavy atom. The minimum Gasteiger partial charge on any atom is -0.449 e. The van der Waals surface area contributed by atoms with Crippen LogP contribution in [0.4, 0.5) is 0 Å². The zero-order chi connectivity index (χ0) is 21.5. The number of carbonyl (C=O) groups excluding carboxylic acids is 2. The highest BCUT2D eigenvalue weighted by atomic mass is 32.2. The van der Waals surface area contributed by atoms with Crippen molar-refractivity contribution in [2.45, 2.75) is 63.5 Å². The standard InChI is InChI=1S/C23H29N3O3S/c1-16-14-17(2)25-23(24-16)30-15-19-10-6-7-11-20(19)22(28)29-18(3)21(27)26-12-8-4-5-9-13-26/h6-7,10-11,14,18H,4-5,8-9,12-13,15H2,1-3H3/t18-/m1/s1. The van der Waals surface area contributed by atoms with E-state index in [4.69, 9.17) is 4.74 Å². The zero-order valence-corrected chi connectivity index (χ0v) is 18.7. The molecule has 0 saturated carbocycles. The third kappa shape index (κ3) is 6.05. The van der Waals surface area contributed by atoms with Gasteiger partial charge < -0.3 is 9.64 Å². The molecule has 0 aliphatic carbocycles. The molecule has 0 bridgehead atoms. The third-order valence-corrected chi connectivity index (χ3v) is 6.00. The van der Waals surface area contributed by atoms with E-state index in [2.05, 4.69) is 9.97 Å². The number of hydrogen-bond donors (Lipinski definition) is 0. The van der Waals surface area contributed by atoms with Crippen LogP contribution >= 0.6 is 11.8 Å². The average molecular weight is 428 g/mol. The lowest BCUT2D eigenvalue weighted by atomic mass is 10.1. The van der Waals surface area contributed by atoms with Gasteiger partial charge in [-0.3, -0.25) is 4.79 Å². The summed E-state index contributed by atoms with van der Waals surface area (Å²) >= 11 is 1.48. The first kappa shape index (κ1) is 22.3. The summed E-state index contributed by atoms with van der Waals surface area (Å²) in [6.45, 7) is 7.01. The van der Waals surface area contributed by atoms with Crippen LogP contribution in [0.25, 0.3) is 0 Å². The van der Waals surface area contributed by atoms with Crippen LogP contribution in [0.5, 0.6) is 0 Å². The number of esters is 1. The number of aryl methyl sites for hydroxylation is 2. The number of amides is 1. The summed E-state index contributed by atoms with van der Waals surface area (Å²) in [7, 11) is 0. The molecular weight excluding hydrogens is 398 g/mol. The van der Waals surface area contributed by atoms with Crippen molar-refractivity contribution in [3.05, 3.63) is 52.8 Å². The maximum Gasteiger partial charge on any atom is 0.339 e. The van der Waals surface area contributed by atoms with Crippen LogP contribution in [0.1, 0.15) is 59.9 Å². The molecule has 3 rings (SSSR count). The van der Waals surface area contributed by atoms with E-state index in [1.165, 1.54) is 11.8 Å². The third-order valence-electron chi connectivity index (χ3n) is 5.11. The normalized spacial score (nSPS) is 15.4. The summed E-state index contributed by atoms with van der Waals surface area (Å²) < 4.78 is 5.55. The second-order valence-electron chi connectivity index (χ2n) is 7.67. The molecule has 1 aliphatic heterocycles. The van der Waals surface area contributed by atoms with E-state index in [1.807, 2.05) is 36.9 Å². The van der Waals surface area contributed by atoms with Crippen molar-refractivity contribution in [1.82, 2.24) is 14.9 Å². The van der Waals surface area contributed by atoms with Crippen LogP contribution in [0.3, 0.4) is 0 Å². The fourth-order valence-electron chi connectivity index (χ4n) is 3.57. The molecule has 0 radical (unpaired) electrons. The summed E-state index contributed by atoms with van der Waals surface area (Å²) in [6, 6.07) is 9.26. The molecule has 2 heterocycles. The zero-order valence-electron chi connectivity index (χ0n) is 17.9. The quantitative estimate of drug-likeness (QED) is 0.388. The van der Waals surface area contributed by atoms with Gasteiger partial charge in [0.05, 0.1) is 5.56 Å². The van der Waals surface area contributed by atoms with Gasteiger partial charge in [0, 0.05) is 30.2 Å². The van der Waals surface area contributed by atoms with Crippen LogP contribution in [-0.2, 0) is 15.3 Å². The molecular formula is C23H29N3O3S. The number of ether oxygens (including phenoxy) is 1. The lowest BCUT2D eigenvalue weighted by molar-refractivity contribution is -0.139. The Bertz CT molecular complexity index is 875. The van der Waals surface area contributed by atoms with Gasteiger partial charge in [0.15, 0.2) is 11.3 Å². The van der Waals surface area contributed by atoms with Gasteiger partial charge in [0.1, 0.15) is 0 Å². The van der Waals surface area contributed by atoms with E-state index in [0.29, 0.717) is 16.5 Å². The molecule has 0 N–H and O–H groups in total. The molecule has 1 fully saturated rings. The van der Waals surface area contributed by atoms with E-state index >= 15 is 0 Å². The molecule has 30 heavy (non-hydrogen) atoms. The highest BCUT2D eigenvalue weighted by molar-refractivity contribution is 7.98. The molecule has 1 aliphatic rings. The summed E-state index contributed by atoms with van der Waals surface area (Å²) in [4.78, 5) is 36.2. The van der Waals surface area contributed by atoms with Crippen molar-refractivity contribution in [2.24, 2.45) is 0 Å². The minimum absolute atomic E-state index is 0.110. The van der Waals surface area contributed by atoms with E-state index < -0.39 is 12.1 Å². The Morgan fingerprint density at radius 1 is 1.07 bits per heavy atom. The molecule has 6 nitrogen and oxygen atoms in total. The molecule has 1 aromatic carbocycles. The Kier molecular flexibility index (Phi) is 7.85. The number of hydrogen-bond acceptors (Lipinski definition) is 6. The molecule has 2 aromatic rings. The predicted molar refractivity (Wildman–Crippen MR) is 117 cm³/mol. The molecule has 0 unspecified atom stereocenters. The van der Waals surface area contributed by atoms with Gasteiger partial charge >= 0.3 is 5.97 Å². The van der Waals surface area contributed by atoms with E-state index in [-0.39, 0.29) is 5.91 Å². The van der Waals surface area contributed by atoms with Crippen molar-refractivity contribution in [1.29, 1.82) is 0 Å². The van der Waals surface area contributed by atoms with E-state index in [1.54, 1.807) is 19.1 Å². The van der Waals surface area contributed by atoms with Crippen molar-refractivity contribution < 1.29 is 14.3 Å². The number of benzene rings is 1. The minimum atomic E-state index is -0.793. The van der Waals surface area contributed by atoms with Crippen molar-refractivity contribution >= 4 is 23.6 Å². The number of rotatable bonds is 6. The van der Waals surface area contributed by atoms with Gasteiger partial charge in [-0.2, -0.15) is 0 Å². The monoisotopic (exact) mass is 427 g/mol. The van der Waals surface area contributed by atoms with Crippen LogP contribution in [0.15, 0.2) is 35.5 Å². The lowest BCUT2D eigenvalue weighted by Crippen LogP contribution is -2.40. The molecule has 160 valence electrons. The van der Waals surface area contributed by atoms with Crippen LogP contribution < -0.4 is 0 Å². The predicted octanol–water partition coefficient (Wildman–Crippen LogP) is 4.33. The van der Waals surface area contributed by atoms with Crippen molar-refractivity contribution in [3.8, 4) is 0 Å². The van der Waals surface area contributed by atoms with E-state index in [0.717, 1.165) is 55.7 Å². The van der Waals surface area contributed by atoms with Crippen LogP contribution in [-0.4, -0.2) is 45.9 Å². The smallest absolute Gasteiger partial charge is 0.339 e. The molecule has 1 aromatic heterocycles. The number of nitrogens with zero attached hydrogens (tertiary/aromatic N) is 3. The number of thioether (sulfide) groups is 1. The summed E-state index contributed by atoms with van der Waals surface area (Å²) in [5.41, 5.74) is 3.15. The Balaban J connectivity index is 1.65. The highest BCUT2D eigenvalue weighted by Crippen LogP contribution is 2.23. The average Bonchev–Trinajstić information content (AvgIpc) is 3.00. The van der Waals surface area contributed by atoms with Crippen molar-refractivity contribution in [3.63, 3.8) is 0 Å². The maximum atomic E-state index is 12.8. The van der Waals surface area contributed by atoms with Gasteiger partial charge in [-0.25, -0.2) is 14.8 Å². The molecule has 1 saturated heterocycles.